The summed E-state index contributed by atoms with van der Waals surface area (Å²) >= 11 is 0.500. The van der Waals surface area contributed by atoms with Crippen LogP contribution < -0.4 is 29.6 Å². The molecule has 0 N–H and O–H groups in total. The average Bonchev–Trinajstić information content (AvgIpc) is 0.918. The average molecular weight is 130 g/mol. The Kier molecular flexibility index (Phi) is 20.1. The van der Waals surface area contributed by atoms with Crippen molar-refractivity contribution in [3.8, 4) is 0 Å². The van der Waals surface area contributed by atoms with Crippen LogP contribution in [0.3, 0.4) is 0 Å². The zero-order chi connectivity index (χ0) is 2.71. The standard InChI is InChI=1S/C2H7As.Na.H/c1-3-2;;/h3H,1-2H3;;/q;+1;-1. The molecule has 0 fully saturated rings. The van der Waals surface area contributed by atoms with Gasteiger partial charge in [-0.3, -0.25) is 0 Å². The molecule has 0 nitrogen and oxygen atoms in total. The summed E-state index contributed by atoms with van der Waals surface area (Å²) in [6.45, 7) is 0. The van der Waals surface area contributed by atoms with Crippen molar-refractivity contribution in [1.82, 2.24) is 0 Å². The van der Waals surface area contributed by atoms with Gasteiger partial charge in [-0.25, -0.2) is 0 Å². The summed E-state index contributed by atoms with van der Waals surface area (Å²) in [5.41, 5.74) is 4.50. The van der Waals surface area contributed by atoms with Crippen LogP contribution in [-0.4, -0.2) is 15.8 Å². The Bertz CT molecular complexity index is 9.61. The zero-order valence-electron chi connectivity index (χ0n) is 4.50. The van der Waals surface area contributed by atoms with Gasteiger partial charge in [-0.1, -0.05) is 0 Å². The summed E-state index contributed by atoms with van der Waals surface area (Å²) in [6.07, 6.45) is 0. The van der Waals surface area contributed by atoms with Crippen molar-refractivity contribution in [2.24, 2.45) is 0 Å². The van der Waals surface area contributed by atoms with Crippen molar-refractivity contribution in [1.29, 1.82) is 0 Å². The van der Waals surface area contributed by atoms with Crippen LogP contribution >= 0.6 is 0 Å². The van der Waals surface area contributed by atoms with Crippen LogP contribution in [0.5, 0.6) is 0 Å². The van der Waals surface area contributed by atoms with Crippen molar-refractivity contribution in [2.45, 2.75) is 11.4 Å². The van der Waals surface area contributed by atoms with E-state index in [1.807, 2.05) is 0 Å². The molecule has 0 aliphatic rings. The Balaban J connectivity index is -0.0000000200. The Morgan fingerprint density at radius 3 is 1.50 bits per heavy atom. The SMILES string of the molecule is C[AsH]C.[H-].[Na+]. The Labute approximate surface area is 57.8 Å². The molecule has 0 aromatic carbocycles. The summed E-state index contributed by atoms with van der Waals surface area (Å²) in [5, 5.41) is 0. The van der Waals surface area contributed by atoms with Gasteiger partial charge in [-0.05, 0) is 0 Å². The van der Waals surface area contributed by atoms with E-state index >= 15 is 0 Å². The molecule has 0 aliphatic carbocycles. The second kappa shape index (κ2) is 8.82. The monoisotopic (exact) mass is 130 g/mol. The van der Waals surface area contributed by atoms with E-state index in [0.29, 0.717) is 15.8 Å². The fourth-order valence-electron chi connectivity index (χ4n) is 0. The molecule has 2 heteroatoms. The maximum absolute atomic E-state index is 2.25. The summed E-state index contributed by atoms with van der Waals surface area (Å²) < 4.78 is 0. The molecule has 22 valence electrons. The van der Waals surface area contributed by atoms with Gasteiger partial charge in [0.15, 0.2) is 0 Å². The van der Waals surface area contributed by atoms with E-state index in [0.717, 1.165) is 0 Å². The summed E-state index contributed by atoms with van der Waals surface area (Å²) in [4.78, 5) is 0. The van der Waals surface area contributed by atoms with Crippen LogP contribution in [-0.2, 0) is 0 Å². The molecule has 0 rings (SSSR count). The van der Waals surface area contributed by atoms with E-state index in [1.165, 1.54) is 0 Å². The summed E-state index contributed by atoms with van der Waals surface area (Å²) in [6, 6.07) is 0. The van der Waals surface area contributed by atoms with Gasteiger partial charge >= 0.3 is 56.7 Å². The third-order valence-electron chi connectivity index (χ3n) is 0. The number of hydrogen-bond donors (Lipinski definition) is 0. The van der Waals surface area contributed by atoms with E-state index in [-0.39, 0.29) is 31.0 Å². The van der Waals surface area contributed by atoms with E-state index in [9.17, 15) is 0 Å². The minimum absolute atomic E-state index is 0. The minimum atomic E-state index is 0. The van der Waals surface area contributed by atoms with Crippen LogP contribution in [0, 0.1) is 0 Å². The molecule has 0 heterocycles. The van der Waals surface area contributed by atoms with Gasteiger partial charge in [-0.15, -0.1) is 0 Å². The smallest absolute Gasteiger partial charge is 1.00 e. The first-order valence-corrected chi connectivity index (χ1v) is 5.20. The zero-order valence-corrected chi connectivity index (χ0v) is 7.60. The minimum Gasteiger partial charge on any atom is -1.00 e. The van der Waals surface area contributed by atoms with E-state index in [1.54, 1.807) is 0 Å². The molecule has 4 heavy (non-hydrogen) atoms. The molecule has 0 saturated carbocycles. The quantitative estimate of drug-likeness (QED) is 0.322. The van der Waals surface area contributed by atoms with Gasteiger partial charge in [0.25, 0.3) is 0 Å². The van der Waals surface area contributed by atoms with E-state index < -0.39 is 0 Å². The van der Waals surface area contributed by atoms with Crippen molar-refractivity contribution in [3.05, 3.63) is 0 Å². The molecule has 0 unspecified atom stereocenters. The number of rotatable bonds is 0. The topological polar surface area (TPSA) is 0 Å². The predicted octanol–water partition coefficient (Wildman–Crippen LogP) is -2.36. The molecule has 0 atom stereocenters. The second-order valence-corrected chi connectivity index (χ2v) is 2.60. The molecule has 0 saturated heterocycles. The van der Waals surface area contributed by atoms with Gasteiger partial charge in [0.1, 0.15) is 0 Å². The number of hydrogen-bond acceptors (Lipinski definition) is 0. The van der Waals surface area contributed by atoms with Crippen molar-refractivity contribution in [2.75, 3.05) is 0 Å². The Hall–Kier alpha value is 1.56. The van der Waals surface area contributed by atoms with Crippen molar-refractivity contribution >= 4 is 15.8 Å². The molecule has 0 aromatic heterocycles. The maximum Gasteiger partial charge on any atom is 1.00 e. The van der Waals surface area contributed by atoms with Gasteiger partial charge < -0.3 is 1.43 Å². The Morgan fingerprint density at radius 1 is 1.50 bits per heavy atom. The normalized spacial score (nSPS) is 4.50. The second-order valence-electron chi connectivity index (χ2n) is 0.500. The van der Waals surface area contributed by atoms with Crippen LogP contribution in [0.2, 0.25) is 11.4 Å². The van der Waals surface area contributed by atoms with Gasteiger partial charge in [0.2, 0.25) is 0 Å². The van der Waals surface area contributed by atoms with Crippen molar-refractivity contribution in [3.63, 3.8) is 0 Å². The predicted molar refractivity (Wildman–Crippen MR) is 20.0 cm³/mol. The van der Waals surface area contributed by atoms with Gasteiger partial charge in [0, 0.05) is 0 Å². The summed E-state index contributed by atoms with van der Waals surface area (Å²) in [5.74, 6) is 0. The van der Waals surface area contributed by atoms with Gasteiger partial charge in [-0.2, -0.15) is 0 Å². The fourth-order valence-corrected chi connectivity index (χ4v) is 0. The molecule has 0 amide bonds. The largest absolute Gasteiger partial charge is 1.00 e. The molecule has 0 bridgehead atoms. The fraction of sp³-hybridized carbons (Fsp3) is 1.00. The first-order valence-electron chi connectivity index (χ1n) is 1.00. The third kappa shape index (κ3) is 9.59. The first kappa shape index (κ1) is 9.12. The van der Waals surface area contributed by atoms with Gasteiger partial charge in [0.05, 0.1) is 0 Å². The van der Waals surface area contributed by atoms with Crippen LogP contribution in [0.25, 0.3) is 0 Å². The van der Waals surface area contributed by atoms with E-state index in [4.69, 9.17) is 0 Å². The molecule has 0 aromatic rings. The molecule has 0 spiro atoms. The van der Waals surface area contributed by atoms with Crippen molar-refractivity contribution < 1.29 is 31.0 Å². The molecular weight excluding hydrogens is 122 g/mol. The van der Waals surface area contributed by atoms with Crippen LogP contribution in [0.1, 0.15) is 1.43 Å². The molecule has 0 radical (unpaired) electrons. The third-order valence-corrected chi connectivity index (χ3v) is 0. The Morgan fingerprint density at radius 2 is 1.50 bits per heavy atom. The first-order chi connectivity index (χ1) is 1.41. The maximum atomic E-state index is 2.25. The summed E-state index contributed by atoms with van der Waals surface area (Å²) in [7, 11) is 0. The van der Waals surface area contributed by atoms with Crippen LogP contribution in [0.15, 0.2) is 0 Å². The molecule has 0 aliphatic heterocycles. The molecular formula is C2H8AsNa. The van der Waals surface area contributed by atoms with Crippen LogP contribution in [0.4, 0.5) is 0 Å². The van der Waals surface area contributed by atoms with E-state index in [2.05, 4.69) is 11.4 Å².